The summed E-state index contributed by atoms with van der Waals surface area (Å²) in [5.41, 5.74) is 0.251. The van der Waals surface area contributed by atoms with Gasteiger partial charge in [-0.05, 0) is 63.5 Å². The van der Waals surface area contributed by atoms with Gasteiger partial charge in [0.25, 0.3) is 5.91 Å². The minimum Gasteiger partial charge on any atom is -0.436 e. The van der Waals surface area contributed by atoms with Gasteiger partial charge in [-0.25, -0.2) is 14.3 Å². The minimum absolute atomic E-state index is 0.0952. The van der Waals surface area contributed by atoms with Crippen LogP contribution >= 0.6 is 0 Å². The first-order valence-electron chi connectivity index (χ1n) is 17.6. The highest BCUT2D eigenvalue weighted by Crippen LogP contribution is 2.42. The number of benzene rings is 2. The molecule has 0 spiro atoms. The maximum Gasteiger partial charge on any atom is 0.418 e. The van der Waals surface area contributed by atoms with Gasteiger partial charge in [0.15, 0.2) is 11.9 Å². The number of rotatable bonds is 7. The number of likely N-dealkylation sites (tertiary alicyclic amines) is 2. The van der Waals surface area contributed by atoms with Crippen molar-refractivity contribution in [2.24, 2.45) is 0 Å². The average molecular weight is 753 g/mol. The fraction of sp³-hybridized carbons (Fsp3) is 0.543. The van der Waals surface area contributed by atoms with Crippen molar-refractivity contribution >= 4 is 17.7 Å². The van der Waals surface area contributed by atoms with Crippen molar-refractivity contribution in [2.75, 3.05) is 65.1 Å². The third kappa shape index (κ3) is 8.80. The number of aromatic amines is 1. The van der Waals surface area contributed by atoms with Gasteiger partial charge in [-0.2, -0.15) is 26.3 Å². The van der Waals surface area contributed by atoms with Gasteiger partial charge < -0.3 is 25.2 Å². The van der Waals surface area contributed by atoms with Crippen molar-refractivity contribution in [2.45, 2.75) is 62.6 Å². The summed E-state index contributed by atoms with van der Waals surface area (Å²) < 4.78 is 90.2. The van der Waals surface area contributed by atoms with Crippen LogP contribution in [0.15, 0.2) is 47.3 Å². The predicted molar refractivity (Wildman–Crippen MR) is 182 cm³/mol. The van der Waals surface area contributed by atoms with E-state index in [9.17, 15) is 40.7 Å². The van der Waals surface area contributed by atoms with Crippen LogP contribution in [0.2, 0.25) is 0 Å². The van der Waals surface area contributed by atoms with E-state index in [1.54, 1.807) is 12.1 Å². The number of carbonyl (C=O) groups excluding carboxylic acids is 2. The molecule has 0 bridgehead atoms. The molecule has 3 saturated heterocycles. The summed E-state index contributed by atoms with van der Waals surface area (Å²) in [6.07, 6.45) is -11.3. The lowest BCUT2D eigenvalue weighted by Gasteiger charge is -2.42. The molecule has 2 aromatic carbocycles. The number of nitrogens with two attached hydrogens (primary N) is 1. The first-order chi connectivity index (χ1) is 25.1. The molecule has 3 aliphatic rings. The van der Waals surface area contributed by atoms with Crippen LogP contribution in [0, 0.1) is 0 Å². The molecule has 0 radical (unpaired) electrons. The highest BCUT2D eigenvalue weighted by Gasteiger charge is 2.42. The van der Waals surface area contributed by atoms with E-state index in [1.165, 1.54) is 14.5 Å². The molecular weight excluding hydrogens is 710 g/mol. The van der Waals surface area contributed by atoms with E-state index in [0.29, 0.717) is 55.5 Å². The Kier molecular flexibility index (Phi) is 11.1. The number of nitrogen functional groups attached to an aromatic ring is 1. The molecule has 12 nitrogen and oxygen atoms in total. The number of anilines is 1. The highest BCUT2D eigenvalue weighted by atomic mass is 19.4. The summed E-state index contributed by atoms with van der Waals surface area (Å²) in [5.74, 6) is -0.331. The highest BCUT2D eigenvalue weighted by molar-refractivity contribution is 5.84. The molecule has 3 fully saturated rings. The van der Waals surface area contributed by atoms with Gasteiger partial charge in [0.1, 0.15) is 0 Å². The van der Waals surface area contributed by atoms with Crippen LogP contribution in [0.4, 0.5) is 36.8 Å². The average Bonchev–Trinajstić information content (AvgIpc) is 3.53. The lowest BCUT2D eigenvalue weighted by molar-refractivity contribution is -0.143. The number of piperazine rings is 1. The van der Waals surface area contributed by atoms with Gasteiger partial charge in [0.2, 0.25) is 0 Å². The fourth-order valence-electron chi connectivity index (χ4n) is 7.36. The molecule has 4 heterocycles. The minimum atomic E-state index is -5.22. The van der Waals surface area contributed by atoms with E-state index in [1.807, 2.05) is 18.2 Å². The number of aromatic nitrogens is 3. The number of carbonyl (C=O) groups is 2. The van der Waals surface area contributed by atoms with Gasteiger partial charge >= 0.3 is 24.1 Å². The molecule has 288 valence electrons. The zero-order chi connectivity index (χ0) is 38.1. The fourth-order valence-corrected chi connectivity index (χ4v) is 7.36. The number of amides is 2. The third-order valence-corrected chi connectivity index (χ3v) is 10.4. The SMILES string of the molecule is CN1CCC(N2CCN(C(=O)[C@@H](Cc3cc(C(F)(F)F)c(N)c(C(F)(F)F)c3)OC(=O)N3CCC(n4nc(-c5ccccc5)[nH]c4=O)CC3)CC2)CC1. The quantitative estimate of drug-likeness (QED) is 0.267. The summed E-state index contributed by atoms with van der Waals surface area (Å²) in [6, 6.07) is 9.94. The molecule has 3 aromatic rings. The predicted octanol–water partition coefficient (Wildman–Crippen LogP) is 4.48. The number of hydrogen-bond donors (Lipinski definition) is 2. The Morgan fingerprint density at radius 3 is 1.98 bits per heavy atom. The topological polar surface area (TPSA) is 133 Å². The zero-order valence-electron chi connectivity index (χ0n) is 29.1. The maximum absolute atomic E-state index is 14.0. The second-order valence-corrected chi connectivity index (χ2v) is 13.9. The van der Waals surface area contributed by atoms with E-state index in [4.69, 9.17) is 10.5 Å². The summed E-state index contributed by atoms with van der Waals surface area (Å²) in [5, 5.41) is 4.43. The number of H-pyrrole nitrogens is 1. The smallest absolute Gasteiger partial charge is 0.418 e. The Labute approximate surface area is 301 Å². The Balaban J connectivity index is 1.18. The van der Waals surface area contributed by atoms with Crippen LogP contribution in [-0.4, -0.2) is 118 Å². The molecule has 0 saturated carbocycles. The Hall–Kier alpha value is -4.58. The lowest BCUT2D eigenvalue weighted by atomic mass is 9.97. The molecule has 18 heteroatoms. The molecule has 1 atom stereocenters. The summed E-state index contributed by atoms with van der Waals surface area (Å²) in [7, 11) is 2.05. The number of ether oxygens (including phenoxy) is 1. The van der Waals surface area contributed by atoms with Gasteiger partial charge in [0.05, 0.1) is 22.9 Å². The van der Waals surface area contributed by atoms with Gasteiger partial charge in [-0.1, -0.05) is 30.3 Å². The molecule has 3 N–H and O–H groups in total. The van der Waals surface area contributed by atoms with Crippen molar-refractivity contribution in [1.29, 1.82) is 0 Å². The van der Waals surface area contributed by atoms with Crippen molar-refractivity contribution in [3.8, 4) is 11.4 Å². The Morgan fingerprint density at radius 1 is 0.849 bits per heavy atom. The zero-order valence-corrected chi connectivity index (χ0v) is 29.1. The number of halogens is 6. The first-order valence-corrected chi connectivity index (χ1v) is 17.6. The van der Waals surface area contributed by atoms with E-state index in [-0.39, 0.29) is 32.2 Å². The van der Waals surface area contributed by atoms with Crippen LogP contribution in [0.25, 0.3) is 11.4 Å². The van der Waals surface area contributed by atoms with Gasteiger partial charge in [-0.15, -0.1) is 5.10 Å². The largest absolute Gasteiger partial charge is 0.436 e. The molecule has 3 aliphatic heterocycles. The Morgan fingerprint density at radius 2 is 1.42 bits per heavy atom. The van der Waals surface area contributed by atoms with Gasteiger partial charge in [-0.3, -0.25) is 14.7 Å². The summed E-state index contributed by atoms with van der Waals surface area (Å²) in [6.45, 7) is 3.60. The van der Waals surface area contributed by atoms with Crippen LogP contribution in [0.3, 0.4) is 0 Å². The molecule has 0 aliphatic carbocycles. The first kappa shape index (κ1) is 38.2. The molecule has 6 rings (SSSR count). The monoisotopic (exact) mass is 752 g/mol. The van der Waals surface area contributed by atoms with E-state index >= 15 is 0 Å². The third-order valence-electron chi connectivity index (χ3n) is 10.4. The van der Waals surface area contributed by atoms with Crippen molar-refractivity contribution < 1.29 is 40.7 Å². The van der Waals surface area contributed by atoms with E-state index < -0.39 is 64.9 Å². The second-order valence-electron chi connectivity index (χ2n) is 13.9. The van der Waals surface area contributed by atoms with Crippen LogP contribution in [0.1, 0.15) is 48.4 Å². The normalized spacial score (nSPS) is 19.4. The number of nitrogens with one attached hydrogen (secondary N) is 1. The van der Waals surface area contributed by atoms with Crippen LogP contribution in [-0.2, 0) is 28.3 Å². The molecule has 1 aromatic heterocycles. The summed E-state index contributed by atoms with van der Waals surface area (Å²) >= 11 is 0. The molecular formula is C35H42F6N8O4. The van der Waals surface area contributed by atoms with E-state index in [2.05, 4.69) is 26.9 Å². The van der Waals surface area contributed by atoms with Crippen molar-refractivity contribution in [3.63, 3.8) is 0 Å². The number of hydrogen-bond acceptors (Lipinski definition) is 8. The van der Waals surface area contributed by atoms with Crippen molar-refractivity contribution in [1.82, 2.24) is 34.4 Å². The standard InChI is InChI=1S/C35H42F6N8O4/c1-45-11-7-24(8-12-45)46-15-17-47(18-16-46)31(50)28(21-22-19-26(34(36,37)38)29(42)27(20-22)35(39,40)41)53-33(52)48-13-9-25(10-14-48)49-32(51)43-30(44-49)23-5-3-2-4-6-23/h2-6,19-20,24-25,28H,7-18,21,42H2,1H3,(H,43,44,51)/t28-/m1/s1. The van der Waals surface area contributed by atoms with E-state index in [0.717, 1.165) is 25.9 Å². The lowest BCUT2D eigenvalue weighted by Crippen LogP contribution is -2.56. The van der Waals surface area contributed by atoms with Crippen LogP contribution in [0.5, 0.6) is 0 Å². The Bertz CT molecular complexity index is 1770. The number of nitrogens with zero attached hydrogens (tertiary/aromatic N) is 6. The summed E-state index contributed by atoms with van der Waals surface area (Å²) in [4.78, 5) is 50.2. The maximum atomic E-state index is 14.0. The molecule has 2 amide bonds. The number of piperidine rings is 2. The van der Waals surface area contributed by atoms with Gasteiger partial charge in [0, 0.05) is 57.3 Å². The molecule has 0 unspecified atom stereocenters. The number of alkyl halides is 6. The second kappa shape index (κ2) is 15.4. The molecule has 53 heavy (non-hydrogen) atoms. The van der Waals surface area contributed by atoms with Crippen LogP contribution < -0.4 is 11.4 Å². The van der Waals surface area contributed by atoms with Crippen molar-refractivity contribution in [3.05, 3.63) is 69.6 Å².